The molecule has 0 aliphatic heterocycles. The molecule has 0 saturated carbocycles. The summed E-state index contributed by atoms with van der Waals surface area (Å²) in [6, 6.07) is 9.45. The van der Waals surface area contributed by atoms with Gasteiger partial charge in [-0.2, -0.15) is 4.72 Å². The molecule has 0 aliphatic carbocycles. The van der Waals surface area contributed by atoms with Gasteiger partial charge in [-0.25, -0.2) is 13.2 Å². The van der Waals surface area contributed by atoms with Crippen molar-refractivity contribution in [3.63, 3.8) is 0 Å². The second kappa shape index (κ2) is 10.6. The van der Waals surface area contributed by atoms with Crippen molar-refractivity contribution in [2.75, 3.05) is 11.9 Å². The van der Waals surface area contributed by atoms with Gasteiger partial charge in [0.25, 0.3) is 0 Å². The lowest BCUT2D eigenvalue weighted by Gasteiger charge is -2.15. The van der Waals surface area contributed by atoms with E-state index >= 15 is 0 Å². The molecule has 10 heteroatoms. The maximum atomic E-state index is 12.4. The van der Waals surface area contributed by atoms with Crippen LogP contribution in [0.15, 0.2) is 53.4 Å². The number of sulfonamides is 1. The Bertz CT molecular complexity index is 1050. The van der Waals surface area contributed by atoms with Crippen LogP contribution in [-0.2, 0) is 24.3 Å². The number of ether oxygens (including phenoxy) is 1. The van der Waals surface area contributed by atoms with E-state index in [4.69, 9.17) is 27.9 Å². The SMILES string of the molecule is CCOC(=O)C=Cc1ccc(NC(=O)C(C)NS(=O)(=O)c2ccc(Cl)c(Cl)c2)cc1. The number of amides is 1. The molecule has 0 aliphatic rings. The maximum Gasteiger partial charge on any atom is 0.330 e. The summed E-state index contributed by atoms with van der Waals surface area (Å²) in [5.41, 5.74) is 1.20. The lowest BCUT2D eigenvalue weighted by molar-refractivity contribution is -0.137. The predicted octanol–water partition coefficient (Wildman–Crippen LogP) is 3.88. The van der Waals surface area contributed by atoms with E-state index in [1.165, 1.54) is 31.2 Å². The minimum atomic E-state index is -3.97. The molecule has 2 rings (SSSR count). The van der Waals surface area contributed by atoms with Gasteiger partial charge in [0.1, 0.15) is 0 Å². The van der Waals surface area contributed by atoms with E-state index in [0.717, 1.165) is 5.56 Å². The molecule has 1 unspecified atom stereocenters. The van der Waals surface area contributed by atoms with Crippen molar-refractivity contribution < 1.29 is 22.7 Å². The molecule has 7 nitrogen and oxygen atoms in total. The third-order valence-electron chi connectivity index (χ3n) is 3.80. The highest BCUT2D eigenvalue weighted by Crippen LogP contribution is 2.24. The molecule has 1 amide bonds. The third kappa shape index (κ3) is 6.84. The summed E-state index contributed by atoms with van der Waals surface area (Å²) < 4.78 is 32.0. The lowest BCUT2D eigenvalue weighted by Crippen LogP contribution is -2.41. The number of hydrogen-bond acceptors (Lipinski definition) is 5. The fourth-order valence-corrected chi connectivity index (χ4v) is 3.87. The zero-order valence-corrected chi connectivity index (χ0v) is 18.5. The first-order valence-corrected chi connectivity index (χ1v) is 11.1. The third-order valence-corrected chi connectivity index (χ3v) is 6.08. The molecule has 2 aromatic rings. The first-order chi connectivity index (χ1) is 14.1. The number of anilines is 1. The highest BCUT2D eigenvalue weighted by molar-refractivity contribution is 7.89. The Kier molecular flexibility index (Phi) is 8.43. The van der Waals surface area contributed by atoms with Crippen molar-refractivity contribution in [1.82, 2.24) is 4.72 Å². The molecule has 1 atom stereocenters. The second-order valence-electron chi connectivity index (χ2n) is 6.12. The van der Waals surface area contributed by atoms with E-state index in [9.17, 15) is 18.0 Å². The van der Waals surface area contributed by atoms with Crippen molar-refractivity contribution in [2.45, 2.75) is 24.8 Å². The van der Waals surface area contributed by atoms with Crippen molar-refractivity contribution in [3.05, 3.63) is 64.1 Å². The number of nitrogens with one attached hydrogen (secondary N) is 2. The van der Waals surface area contributed by atoms with Crippen LogP contribution in [0.1, 0.15) is 19.4 Å². The summed E-state index contributed by atoms with van der Waals surface area (Å²) in [6.45, 7) is 3.43. The monoisotopic (exact) mass is 470 g/mol. The average molecular weight is 471 g/mol. The Morgan fingerprint density at radius 2 is 1.77 bits per heavy atom. The fraction of sp³-hybridized carbons (Fsp3) is 0.200. The average Bonchev–Trinajstić information content (AvgIpc) is 2.69. The molecule has 0 radical (unpaired) electrons. The van der Waals surface area contributed by atoms with E-state index in [-0.39, 0.29) is 14.9 Å². The van der Waals surface area contributed by atoms with Gasteiger partial charge in [-0.15, -0.1) is 0 Å². The highest BCUT2D eigenvalue weighted by atomic mass is 35.5. The van der Waals surface area contributed by atoms with Gasteiger partial charge in [-0.1, -0.05) is 35.3 Å². The van der Waals surface area contributed by atoms with Crippen LogP contribution in [0, 0.1) is 0 Å². The zero-order valence-electron chi connectivity index (χ0n) is 16.2. The Morgan fingerprint density at radius 3 is 2.37 bits per heavy atom. The van der Waals surface area contributed by atoms with E-state index in [1.807, 2.05) is 0 Å². The van der Waals surface area contributed by atoms with Crippen molar-refractivity contribution in [3.8, 4) is 0 Å². The van der Waals surface area contributed by atoms with Gasteiger partial charge in [-0.3, -0.25) is 4.79 Å². The summed E-state index contributed by atoms with van der Waals surface area (Å²) in [4.78, 5) is 23.6. The number of carbonyl (C=O) groups excluding carboxylic acids is 2. The normalized spacial score (nSPS) is 12.5. The summed E-state index contributed by atoms with van der Waals surface area (Å²) in [5.74, 6) is -0.994. The quantitative estimate of drug-likeness (QED) is 0.450. The largest absolute Gasteiger partial charge is 0.463 e. The first-order valence-electron chi connectivity index (χ1n) is 8.85. The van der Waals surface area contributed by atoms with Gasteiger partial charge in [0.15, 0.2) is 0 Å². The molecule has 0 heterocycles. The van der Waals surface area contributed by atoms with Crippen molar-refractivity contribution in [2.24, 2.45) is 0 Å². The predicted molar refractivity (Wildman–Crippen MR) is 117 cm³/mol. The van der Waals surface area contributed by atoms with Crippen LogP contribution in [0.3, 0.4) is 0 Å². The minimum absolute atomic E-state index is 0.0914. The number of hydrogen-bond donors (Lipinski definition) is 2. The van der Waals surface area contributed by atoms with E-state index in [2.05, 4.69) is 10.0 Å². The number of halogens is 2. The summed E-state index contributed by atoms with van der Waals surface area (Å²) in [5, 5.41) is 2.94. The molecule has 2 aromatic carbocycles. The molecular formula is C20H20Cl2N2O5S. The fourth-order valence-electron chi connectivity index (χ4n) is 2.28. The van der Waals surface area contributed by atoms with Crippen LogP contribution >= 0.6 is 23.2 Å². The van der Waals surface area contributed by atoms with Crippen molar-refractivity contribution >= 4 is 56.9 Å². The molecule has 160 valence electrons. The van der Waals surface area contributed by atoms with Crippen LogP contribution in [-0.4, -0.2) is 32.9 Å². The van der Waals surface area contributed by atoms with Gasteiger partial charge in [-0.05, 0) is 55.8 Å². The van der Waals surface area contributed by atoms with Gasteiger partial charge in [0.05, 0.1) is 27.6 Å². The maximum absolute atomic E-state index is 12.4. The Balaban J connectivity index is 1.99. The number of esters is 1. The molecular weight excluding hydrogens is 451 g/mol. The van der Waals surface area contributed by atoms with Gasteiger partial charge in [0.2, 0.25) is 15.9 Å². The van der Waals surface area contributed by atoms with Crippen LogP contribution < -0.4 is 10.0 Å². The number of rotatable bonds is 8. The Labute approximate surface area is 185 Å². The topological polar surface area (TPSA) is 102 Å². The summed E-state index contributed by atoms with van der Waals surface area (Å²) >= 11 is 11.7. The van der Waals surface area contributed by atoms with E-state index in [0.29, 0.717) is 12.3 Å². The van der Waals surface area contributed by atoms with E-state index < -0.39 is 27.9 Å². The standard InChI is InChI=1S/C20H20Cl2N2O5S/c1-3-29-19(25)11-6-14-4-7-15(8-5-14)23-20(26)13(2)24-30(27,28)16-9-10-17(21)18(22)12-16/h4-13,24H,3H2,1-2H3,(H,23,26). The molecule has 2 N–H and O–H groups in total. The Morgan fingerprint density at radius 1 is 1.10 bits per heavy atom. The molecule has 30 heavy (non-hydrogen) atoms. The van der Waals surface area contributed by atoms with E-state index in [1.54, 1.807) is 37.3 Å². The van der Waals surface area contributed by atoms with Gasteiger partial charge in [0, 0.05) is 11.8 Å². The smallest absolute Gasteiger partial charge is 0.330 e. The molecule has 0 saturated heterocycles. The highest BCUT2D eigenvalue weighted by Gasteiger charge is 2.22. The number of benzene rings is 2. The van der Waals surface area contributed by atoms with Crippen LogP contribution in [0.2, 0.25) is 10.0 Å². The van der Waals surface area contributed by atoms with Gasteiger partial charge < -0.3 is 10.1 Å². The van der Waals surface area contributed by atoms with Crippen molar-refractivity contribution in [1.29, 1.82) is 0 Å². The number of carbonyl (C=O) groups is 2. The molecule has 0 aromatic heterocycles. The van der Waals surface area contributed by atoms with Crippen LogP contribution in [0.5, 0.6) is 0 Å². The summed E-state index contributed by atoms with van der Waals surface area (Å²) in [6.07, 6.45) is 2.88. The van der Waals surface area contributed by atoms with Gasteiger partial charge >= 0.3 is 5.97 Å². The minimum Gasteiger partial charge on any atom is -0.463 e. The second-order valence-corrected chi connectivity index (χ2v) is 8.64. The molecule has 0 bridgehead atoms. The van der Waals surface area contributed by atoms with Crippen LogP contribution in [0.25, 0.3) is 6.08 Å². The zero-order chi connectivity index (χ0) is 22.3. The molecule has 0 spiro atoms. The first kappa shape index (κ1) is 23.9. The van der Waals surface area contributed by atoms with Crippen LogP contribution in [0.4, 0.5) is 5.69 Å². The lowest BCUT2D eigenvalue weighted by atomic mass is 10.2. The molecule has 0 fully saturated rings. The summed E-state index contributed by atoms with van der Waals surface area (Å²) in [7, 11) is -3.97. The Hall–Kier alpha value is -2.39.